The van der Waals surface area contributed by atoms with Gasteiger partial charge >= 0.3 is 0 Å². The van der Waals surface area contributed by atoms with Crippen LogP contribution in [0.5, 0.6) is 0 Å². The van der Waals surface area contributed by atoms with Gasteiger partial charge in [-0.1, -0.05) is 46.3 Å². The molecule has 0 aliphatic rings. The Labute approximate surface area is 125 Å². The van der Waals surface area contributed by atoms with Gasteiger partial charge in [0.1, 0.15) is 0 Å². The molecule has 0 aliphatic carbocycles. The summed E-state index contributed by atoms with van der Waals surface area (Å²) in [5, 5.41) is 3.69. The van der Waals surface area contributed by atoms with Gasteiger partial charge in [-0.25, -0.2) is 0 Å². The van der Waals surface area contributed by atoms with Gasteiger partial charge in [0.25, 0.3) is 0 Å². The molecule has 1 aromatic heterocycles. The SMILES string of the molecule is Br.CC(Br)c1ccc2ncc3ccccc3c2c1. The molecule has 1 nitrogen and oxygen atoms in total. The van der Waals surface area contributed by atoms with Gasteiger partial charge in [0.05, 0.1) is 5.52 Å². The van der Waals surface area contributed by atoms with Crippen LogP contribution >= 0.6 is 32.9 Å². The lowest BCUT2D eigenvalue weighted by atomic mass is 10.0. The van der Waals surface area contributed by atoms with Crippen molar-refractivity contribution in [1.29, 1.82) is 0 Å². The number of benzene rings is 2. The number of hydrogen-bond donors (Lipinski definition) is 0. The normalized spacial score (nSPS) is 12.3. The van der Waals surface area contributed by atoms with Gasteiger partial charge in [-0.2, -0.15) is 0 Å². The summed E-state index contributed by atoms with van der Waals surface area (Å²) < 4.78 is 0. The van der Waals surface area contributed by atoms with Crippen molar-refractivity contribution >= 4 is 54.6 Å². The third-order valence-electron chi connectivity index (χ3n) is 3.07. The van der Waals surface area contributed by atoms with Crippen LogP contribution in [0.3, 0.4) is 0 Å². The van der Waals surface area contributed by atoms with Crippen molar-refractivity contribution in [3.63, 3.8) is 0 Å². The first-order valence-electron chi connectivity index (χ1n) is 5.67. The zero-order valence-corrected chi connectivity index (χ0v) is 13.2. The lowest BCUT2D eigenvalue weighted by Gasteiger charge is -2.07. The molecule has 0 fully saturated rings. The Morgan fingerprint density at radius 3 is 2.61 bits per heavy atom. The lowest BCUT2D eigenvalue weighted by molar-refractivity contribution is 1.13. The largest absolute Gasteiger partial charge is 0.256 e. The fourth-order valence-corrected chi connectivity index (χ4v) is 2.41. The Morgan fingerprint density at radius 2 is 1.83 bits per heavy atom. The maximum atomic E-state index is 4.49. The monoisotopic (exact) mass is 365 g/mol. The van der Waals surface area contributed by atoms with Gasteiger partial charge in [0.15, 0.2) is 0 Å². The Morgan fingerprint density at radius 1 is 1.06 bits per heavy atom. The highest BCUT2D eigenvalue weighted by Gasteiger charge is 2.05. The summed E-state index contributed by atoms with van der Waals surface area (Å²) in [6, 6.07) is 14.8. The predicted octanol–water partition coefficient (Wildman–Crippen LogP) is 5.42. The zero-order valence-electron chi connectivity index (χ0n) is 9.93. The van der Waals surface area contributed by atoms with E-state index in [0.717, 1.165) is 5.52 Å². The van der Waals surface area contributed by atoms with Crippen molar-refractivity contribution in [2.24, 2.45) is 0 Å². The third kappa shape index (κ3) is 2.29. The Kier molecular flexibility index (Phi) is 4.03. The fourth-order valence-electron chi connectivity index (χ4n) is 2.12. The minimum atomic E-state index is 0. The highest BCUT2D eigenvalue weighted by Crippen LogP contribution is 2.28. The van der Waals surface area contributed by atoms with E-state index in [4.69, 9.17) is 0 Å². The van der Waals surface area contributed by atoms with Gasteiger partial charge in [0.2, 0.25) is 0 Å². The topological polar surface area (TPSA) is 12.9 Å². The first kappa shape index (κ1) is 13.5. The average molecular weight is 367 g/mol. The summed E-state index contributed by atoms with van der Waals surface area (Å²) in [5.41, 5.74) is 2.34. The molecule has 0 bridgehead atoms. The van der Waals surface area contributed by atoms with Crippen molar-refractivity contribution < 1.29 is 0 Å². The Balaban J connectivity index is 0.00000120. The standard InChI is InChI=1S/C15H12BrN.BrH/c1-10(16)11-6-7-15-14(8-11)13-5-3-2-4-12(13)9-17-15;/h2-10H,1H3;1H. The van der Waals surface area contributed by atoms with Crippen LogP contribution in [-0.2, 0) is 0 Å². The maximum Gasteiger partial charge on any atom is 0.0708 e. The molecule has 0 N–H and O–H groups in total. The van der Waals surface area contributed by atoms with Crippen LogP contribution in [0.2, 0.25) is 0 Å². The molecule has 3 heteroatoms. The second-order valence-corrected chi connectivity index (χ2v) is 5.61. The van der Waals surface area contributed by atoms with E-state index >= 15 is 0 Å². The highest BCUT2D eigenvalue weighted by molar-refractivity contribution is 9.09. The second kappa shape index (κ2) is 5.37. The number of aromatic nitrogens is 1. The molecule has 3 rings (SSSR count). The van der Waals surface area contributed by atoms with Gasteiger partial charge in [0, 0.05) is 21.8 Å². The first-order valence-corrected chi connectivity index (χ1v) is 6.59. The number of pyridine rings is 1. The summed E-state index contributed by atoms with van der Waals surface area (Å²) in [7, 11) is 0. The summed E-state index contributed by atoms with van der Waals surface area (Å²) in [4.78, 5) is 4.86. The molecule has 2 aromatic carbocycles. The molecule has 18 heavy (non-hydrogen) atoms. The number of hydrogen-bond acceptors (Lipinski definition) is 1. The van der Waals surface area contributed by atoms with Crippen LogP contribution in [-0.4, -0.2) is 4.98 Å². The molecule has 0 radical (unpaired) electrons. The van der Waals surface area contributed by atoms with E-state index < -0.39 is 0 Å². The number of alkyl halides is 1. The summed E-state index contributed by atoms with van der Waals surface area (Å²) >= 11 is 3.61. The van der Waals surface area contributed by atoms with Crippen LogP contribution < -0.4 is 0 Å². The molecule has 0 aliphatic heterocycles. The van der Waals surface area contributed by atoms with Crippen LogP contribution in [0.25, 0.3) is 21.7 Å². The van der Waals surface area contributed by atoms with Crippen molar-refractivity contribution in [3.8, 4) is 0 Å². The number of rotatable bonds is 1. The minimum Gasteiger partial charge on any atom is -0.256 e. The predicted molar refractivity (Wildman–Crippen MR) is 86.9 cm³/mol. The summed E-state index contributed by atoms with van der Waals surface area (Å²) in [5.74, 6) is 0. The van der Waals surface area contributed by atoms with E-state index in [1.165, 1.54) is 21.7 Å². The summed E-state index contributed by atoms with van der Waals surface area (Å²) in [6.07, 6.45) is 1.94. The van der Waals surface area contributed by atoms with Gasteiger partial charge in [-0.3, -0.25) is 4.98 Å². The maximum absolute atomic E-state index is 4.49. The molecule has 0 amide bonds. The van der Waals surface area contributed by atoms with Crippen molar-refractivity contribution in [2.75, 3.05) is 0 Å². The molecule has 1 unspecified atom stereocenters. The minimum absolute atomic E-state index is 0. The van der Waals surface area contributed by atoms with Crippen molar-refractivity contribution in [1.82, 2.24) is 4.98 Å². The summed E-state index contributed by atoms with van der Waals surface area (Å²) in [6.45, 7) is 2.14. The number of fused-ring (bicyclic) bond motifs is 3. The van der Waals surface area contributed by atoms with E-state index in [0.29, 0.717) is 4.83 Å². The van der Waals surface area contributed by atoms with Gasteiger partial charge in [-0.05, 0) is 30.0 Å². The third-order valence-corrected chi connectivity index (χ3v) is 3.60. The Hall–Kier alpha value is -0.930. The molecule has 0 spiro atoms. The molecule has 92 valence electrons. The van der Waals surface area contributed by atoms with Crippen LogP contribution in [0.1, 0.15) is 17.3 Å². The second-order valence-electron chi connectivity index (χ2n) is 4.24. The molecule has 1 heterocycles. The smallest absolute Gasteiger partial charge is 0.0708 e. The zero-order chi connectivity index (χ0) is 11.8. The molecule has 3 aromatic rings. The first-order chi connectivity index (χ1) is 8.25. The Bertz CT molecular complexity index is 692. The molecular weight excluding hydrogens is 354 g/mol. The van der Waals surface area contributed by atoms with E-state index in [1.807, 2.05) is 12.3 Å². The van der Waals surface area contributed by atoms with Crippen molar-refractivity contribution in [3.05, 3.63) is 54.2 Å². The van der Waals surface area contributed by atoms with E-state index in [2.05, 4.69) is 64.2 Å². The lowest BCUT2D eigenvalue weighted by Crippen LogP contribution is -1.87. The molecule has 1 atom stereocenters. The van der Waals surface area contributed by atoms with E-state index in [1.54, 1.807) is 0 Å². The van der Waals surface area contributed by atoms with Gasteiger partial charge < -0.3 is 0 Å². The van der Waals surface area contributed by atoms with Crippen LogP contribution in [0.4, 0.5) is 0 Å². The fraction of sp³-hybridized carbons (Fsp3) is 0.133. The van der Waals surface area contributed by atoms with E-state index in [9.17, 15) is 0 Å². The molecule has 0 saturated carbocycles. The van der Waals surface area contributed by atoms with Crippen LogP contribution in [0.15, 0.2) is 48.7 Å². The molecular formula is C15H13Br2N. The highest BCUT2D eigenvalue weighted by atomic mass is 79.9. The number of halogens is 2. The average Bonchev–Trinajstić information content (AvgIpc) is 2.38. The van der Waals surface area contributed by atoms with Crippen molar-refractivity contribution in [2.45, 2.75) is 11.8 Å². The quantitative estimate of drug-likeness (QED) is 0.413. The van der Waals surface area contributed by atoms with Gasteiger partial charge in [-0.15, -0.1) is 17.0 Å². The van der Waals surface area contributed by atoms with E-state index in [-0.39, 0.29) is 17.0 Å². The molecule has 0 saturated heterocycles. The van der Waals surface area contributed by atoms with Crippen LogP contribution in [0, 0.1) is 0 Å². The number of nitrogens with zero attached hydrogens (tertiary/aromatic N) is 1.